The lowest BCUT2D eigenvalue weighted by Crippen LogP contribution is -2.40. The monoisotopic (exact) mass is 289 g/mol. The van der Waals surface area contributed by atoms with Crippen molar-refractivity contribution in [3.8, 4) is 0 Å². The van der Waals surface area contributed by atoms with E-state index in [0.29, 0.717) is 0 Å². The van der Waals surface area contributed by atoms with Crippen LogP contribution in [-0.4, -0.2) is 25.5 Å². The van der Waals surface area contributed by atoms with Crippen LogP contribution in [0.3, 0.4) is 0 Å². The Hall–Kier alpha value is -1.37. The molecule has 0 aromatic heterocycles. The van der Waals surface area contributed by atoms with Gasteiger partial charge >= 0.3 is 5.97 Å². The van der Waals surface area contributed by atoms with Gasteiger partial charge in [0.1, 0.15) is 6.04 Å². The number of carbonyl (C=O) groups is 1. The van der Waals surface area contributed by atoms with Crippen LogP contribution >= 0.6 is 11.6 Å². The van der Waals surface area contributed by atoms with Crippen molar-refractivity contribution in [3.05, 3.63) is 41.9 Å². The highest BCUT2D eigenvalue weighted by atomic mass is 35.5. The summed E-state index contributed by atoms with van der Waals surface area (Å²) in [5.41, 5.74) is 0. The zero-order chi connectivity index (χ0) is 13.8. The smallest absolute Gasteiger partial charge is 0.322 e. The third-order valence-corrected chi connectivity index (χ3v) is 3.81. The molecule has 0 spiro atoms. The molecule has 1 aromatic carbocycles. The van der Waals surface area contributed by atoms with Gasteiger partial charge in [-0.2, -0.15) is 4.72 Å². The summed E-state index contributed by atoms with van der Waals surface area (Å²) < 4.78 is 25.9. The minimum Gasteiger partial charge on any atom is -0.480 e. The molecule has 1 aromatic rings. The minimum atomic E-state index is -3.91. The molecule has 1 unspecified atom stereocenters. The van der Waals surface area contributed by atoms with Gasteiger partial charge in [-0.15, -0.1) is 6.58 Å². The second-order valence-electron chi connectivity index (χ2n) is 3.49. The molecule has 1 atom stereocenters. The van der Waals surface area contributed by atoms with Gasteiger partial charge in [-0.05, 0) is 24.6 Å². The summed E-state index contributed by atoms with van der Waals surface area (Å²) in [5, 5.41) is 9.13. The van der Waals surface area contributed by atoms with Gasteiger partial charge in [-0.1, -0.05) is 23.7 Å². The van der Waals surface area contributed by atoms with Gasteiger partial charge in [0.25, 0.3) is 0 Å². The van der Waals surface area contributed by atoms with Crippen molar-refractivity contribution in [1.82, 2.24) is 4.72 Å². The van der Waals surface area contributed by atoms with E-state index in [1.165, 1.54) is 30.3 Å². The van der Waals surface area contributed by atoms with E-state index in [0.717, 1.165) is 0 Å². The van der Waals surface area contributed by atoms with Crippen LogP contribution in [0.15, 0.2) is 41.8 Å². The highest BCUT2D eigenvalue weighted by Crippen LogP contribution is 2.16. The van der Waals surface area contributed by atoms with E-state index in [9.17, 15) is 13.2 Å². The molecule has 7 heteroatoms. The number of hydrogen-bond donors (Lipinski definition) is 2. The molecule has 1 rings (SSSR count). The minimum absolute atomic E-state index is 0.00483. The number of aliphatic carboxylic acids is 1. The first-order valence-electron chi connectivity index (χ1n) is 4.98. The maximum Gasteiger partial charge on any atom is 0.322 e. The van der Waals surface area contributed by atoms with Gasteiger partial charge in [0.05, 0.1) is 4.90 Å². The van der Waals surface area contributed by atoms with Crippen molar-refractivity contribution in [2.45, 2.75) is 17.4 Å². The molecule has 18 heavy (non-hydrogen) atoms. The second kappa shape index (κ2) is 5.99. The predicted molar refractivity (Wildman–Crippen MR) is 68.0 cm³/mol. The fourth-order valence-electron chi connectivity index (χ4n) is 1.26. The largest absolute Gasteiger partial charge is 0.480 e. The first-order chi connectivity index (χ1) is 8.36. The molecule has 5 nitrogen and oxygen atoms in total. The highest BCUT2D eigenvalue weighted by molar-refractivity contribution is 7.89. The number of sulfonamides is 1. The Bertz CT molecular complexity index is 556. The molecule has 98 valence electrons. The van der Waals surface area contributed by atoms with Gasteiger partial charge in [-0.3, -0.25) is 4.79 Å². The van der Waals surface area contributed by atoms with Crippen molar-refractivity contribution in [2.75, 3.05) is 0 Å². The van der Waals surface area contributed by atoms with Crippen LogP contribution < -0.4 is 4.72 Å². The Morgan fingerprint density at radius 2 is 2.22 bits per heavy atom. The lowest BCUT2D eigenvalue weighted by atomic mass is 10.2. The SMILES string of the molecule is C=CCC(NS(=O)(=O)c1cccc(Cl)c1)C(=O)O. The van der Waals surface area contributed by atoms with Crippen molar-refractivity contribution >= 4 is 27.6 Å². The molecule has 2 N–H and O–H groups in total. The van der Waals surface area contributed by atoms with E-state index in [2.05, 4.69) is 11.3 Å². The molecule has 0 aliphatic rings. The van der Waals surface area contributed by atoms with E-state index in [1.54, 1.807) is 0 Å². The summed E-state index contributed by atoms with van der Waals surface area (Å²) in [4.78, 5) is 10.8. The van der Waals surface area contributed by atoms with E-state index >= 15 is 0 Å². The Morgan fingerprint density at radius 1 is 1.56 bits per heavy atom. The normalized spacial score (nSPS) is 12.9. The van der Waals surface area contributed by atoms with Crippen molar-refractivity contribution in [3.63, 3.8) is 0 Å². The third kappa shape index (κ3) is 3.83. The van der Waals surface area contributed by atoms with Gasteiger partial charge < -0.3 is 5.11 Å². The molecule has 0 aliphatic carbocycles. The molecule has 0 heterocycles. The summed E-state index contributed by atoms with van der Waals surface area (Å²) in [6.07, 6.45) is 1.33. The molecule has 0 amide bonds. The number of carboxylic acids is 1. The first-order valence-corrected chi connectivity index (χ1v) is 6.84. The summed E-state index contributed by atoms with van der Waals surface area (Å²) in [6.45, 7) is 3.38. The van der Waals surface area contributed by atoms with E-state index in [1.807, 2.05) is 0 Å². The van der Waals surface area contributed by atoms with Crippen LogP contribution in [0.5, 0.6) is 0 Å². The maximum absolute atomic E-state index is 11.9. The van der Waals surface area contributed by atoms with Gasteiger partial charge in [0.2, 0.25) is 10.0 Å². The Balaban J connectivity index is 3.00. The topological polar surface area (TPSA) is 83.5 Å². The fraction of sp³-hybridized carbons (Fsp3) is 0.182. The fourth-order valence-corrected chi connectivity index (χ4v) is 2.76. The lowest BCUT2D eigenvalue weighted by Gasteiger charge is -2.13. The Kier molecular flexibility index (Phi) is 4.89. The van der Waals surface area contributed by atoms with Crippen LogP contribution in [0.4, 0.5) is 0 Å². The van der Waals surface area contributed by atoms with Crippen LogP contribution in [-0.2, 0) is 14.8 Å². The summed E-state index contributed by atoms with van der Waals surface area (Å²) in [6, 6.07) is 4.34. The van der Waals surface area contributed by atoms with Crippen molar-refractivity contribution in [2.24, 2.45) is 0 Å². The number of nitrogens with one attached hydrogen (secondary N) is 1. The van der Waals surface area contributed by atoms with Crippen molar-refractivity contribution in [1.29, 1.82) is 0 Å². The summed E-state index contributed by atoms with van der Waals surface area (Å²) in [5.74, 6) is -1.26. The molecule has 0 saturated carbocycles. The summed E-state index contributed by atoms with van der Waals surface area (Å²) in [7, 11) is -3.91. The van der Waals surface area contributed by atoms with Gasteiger partial charge in [0.15, 0.2) is 0 Å². The zero-order valence-corrected chi connectivity index (χ0v) is 10.9. The number of carboxylic acid groups (broad SMARTS) is 1. The van der Waals surface area contributed by atoms with Crippen LogP contribution in [0.25, 0.3) is 0 Å². The average Bonchev–Trinajstić information content (AvgIpc) is 2.28. The molecule has 0 saturated heterocycles. The van der Waals surface area contributed by atoms with Crippen LogP contribution in [0.2, 0.25) is 5.02 Å². The lowest BCUT2D eigenvalue weighted by molar-refractivity contribution is -0.138. The Labute approximate surface area is 110 Å². The maximum atomic E-state index is 11.9. The van der Waals surface area contributed by atoms with E-state index in [4.69, 9.17) is 16.7 Å². The highest BCUT2D eigenvalue weighted by Gasteiger charge is 2.24. The number of hydrogen-bond acceptors (Lipinski definition) is 3. The summed E-state index contributed by atoms with van der Waals surface area (Å²) >= 11 is 5.69. The van der Waals surface area contributed by atoms with Crippen LogP contribution in [0, 0.1) is 0 Å². The predicted octanol–water partition coefficient (Wildman–Crippen LogP) is 1.65. The molecular weight excluding hydrogens is 278 g/mol. The van der Waals surface area contributed by atoms with E-state index < -0.39 is 22.0 Å². The van der Waals surface area contributed by atoms with E-state index in [-0.39, 0.29) is 16.3 Å². The molecule has 0 bridgehead atoms. The van der Waals surface area contributed by atoms with Gasteiger partial charge in [-0.25, -0.2) is 8.42 Å². The van der Waals surface area contributed by atoms with Gasteiger partial charge in [0, 0.05) is 5.02 Å². The Morgan fingerprint density at radius 3 is 2.72 bits per heavy atom. The van der Waals surface area contributed by atoms with Crippen molar-refractivity contribution < 1.29 is 18.3 Å². The zero-order valence-electron chi connectivity index (χ0n) is 9.34. The number of rotatable bonds is 6. The molecular formula is C11H12ClNO4S. The third-order valence-electron chi connectivity index (χ3n) is 2.10. The standard InChI is InChI=1S/C11H12ClNO4S/c1-2-4-10(11(14)15)13-18(16,17)9-6-3-5-8(12)7-9/h2-3,5-7,10,13H,1,4H2,(H,14,15). The quantitative estimate of drug-likeness (QED) is 0.780. The number of benzene rings is 1. The number of halogens is 1. The first kappa shape index (κ1) is 14.7. The average molecular weight is 290 g/mol. The molecule has 0 fully saturated rings. The molecule has 0 aliphatic heterocycles. The second-order valence-corrected chi connectivity index (χ2v) is 5.64. The molecule has 0 radical (unpaired) electrons. The van der Waals surface area contributed by atoms with Crippen LogP contribution in [0.1, 0.15) is 6.42 Å².